The minimum atomic E-state index is -0.339. The summed E-state index contributed by atoms with van der Waals surface area (Å²) >= 11 is 0. The topological polar surface area (TPSA) is 71.3 Å². The van der Waals surface area contributed by atoms with Crippen molar-refractivity contribution in [3.63, 3.8) is 0 Å². The molecule has 1 aromatic heterocycles. The second-order valence-corrected chi connectivity index (χ2v) is 6.28. The second-order valence-electron chi connectivity index (χ2n) is 6.28. The van der Waals surface area contributed by atoms with Crippen LogP contribution in [0.25, 0.3) is 0 Å². The Kier molecular flexibility index (Phi) is 4.93. The van der Waals surface area contributed by atoms with Gasteiger partial charge in [-0.3, -0.25) is 15.1 Å². The van der Waals surface area contributed by atoms with Gasteiger partial charge in [0.15, 0.2) is 0 Å². The van der Waals surface area contributed by atoms with Crippen LogP contribution in [0.4, 0.5) is 17.1 Å². The van der Waals surface area contributed by atoms with Gasteiger partial charge in [-0.15, -0.1) is 0 Å². The summed E-state index contributed by atoms with van der Waals surface area (Å²) in [4.78, 5) is 17.0. The van der Waals surface area contributed by atoms with Crippen LogP contribution < -0.4 is 10.2 Å². The Balaban J connectivity index is 1.50. The van der Waals surface area contributed by atoms with Crippen LogP contribution in [0.5, 0.6) is 0 Å². The lowest BCUT2D eigenvalue weighted by Crippen LogP contribution is -2.35. The number of aromatic nitrogens is 1. The van der Waals surface area contributed by atoms with Gasteiger partial charge in [0.1, 0.15) is 0 Å². The monoisotopic (exact) mass is 326 g/mol. The Bertz CT molecular complexity index is 697. The summed E-state index contributed by atoms with van der Waals surface area (Å²) in [6.07, 6.45) is 5.95. The van der Waals surface area contributed by atoms with Gasteiger partial charge in [0.2, 0.25) is 0 Å². The van der Waals surface area contributed by atoms with E-state index in [1.165, 1.54) is 5.69 Å². The molecule has 0 aliphatic carbocycles. The Morgan fingerprint density at radius 2 is 1.96 bits per heavy atom. The van der Waals surface area contributed by atoms with Gasteiger partial charge in [-0.2, -0.15) is 0 Å². The molecule has 0 bridgehead atoms. The Morgan fingerprint density at radius 3 is 2.58 bits per heavy atom. The van der Waals surface area contributed by atoms with Gasteiger partial charge in [0.05, 0.1) is 4.92 Å². The molecule has 24 heavy (non-hydrogen) atoms. The lowest BCUT2D eigenvalue weighted by molar-refractivity contribution is -0.385. The summed E-state index contributed by atoms with van der Waals surface area (Å²) < 4.78 is 0. The quantitative estimate of drug-likeness (QED) is 0.671. The third-order valence-electron chi connectivity index (χ3n) is 4.63. The highest BCUT2D eigenvalue weighted by atomic mass is 16.6. The Hall–Kier alpha value is -2.63. The number of hydrogen-bond donors (Lipinski definition) is 1. The molecule has 0 spiro atoms. The first kappa shape index (κ1) is 16.2. The molecule has 1 aliphatic heterocycles. The molecule has 3 rings (SSSR count). The number of rotatable bonds is 5. The maximum absolute atomic E-state index is 10.9. The number of nitro benzene ring substituents is 1. The van der Waals surface area contributed by atoms with Crippen LogP contribution in [0.2, 0.25) is 0 Å². The third-order valence-corrected chi connectivity index (χ3v) is 4.63. The predicted molar refractivity (Wildman–Crippen MR) is 95.5 cm³/mol. The summed E-state index contributed by atoms with van der Waals surface area (Å²) in [5.41, 5.74) is 3.06. The van der Waals surface area contributed by atoms with E-state index in [-0.39, 0.29) is 10.6 Å². The van der Waals surface area contributed by atoms with Crippen LogP contribution in [0.1, 0.15) is 18.4 Å². The molecule has 2 aromatic rings. The van der Waals surface area contributed by atoms with Crippen molar-refractivity contribution in [2.24, 2.45) is 5.92 Å². The summed E-state index contributed by atoms with van der Waals surface area (Å²) in [5, 5.41) is 14.3. The van der Waals surface area contributed by atoms with Gasteiger partial charge in [0.25, 0.3) is 5.69 Å². The number of nitro groups is 1. The molecule has 1 fully saturated rings. The van der Waals surface area contributed by atoms with Crippen LogP contribution >= 0.6 is 0 Å². The Morgan fingerprint density at radius 1 is 1.25 bits per heavy atom. The van der Waals surface area contributed by atoms with E-state index in [0.29, 0.717) is 11.5 Å². The summed E-state index contributed by atoms with van der Waals surface area (Å²) in [7, 11) is 0. The number of pyridine rings is 1. The average Bonchev–Trinajstić information content (AvgIpc) is 2.61. The summed E-state index contributed by atoms with van der Waals surface area (Å²) in [6.45, 7) is 4.78. The van der Waals surface area contributed by atoms with Gasteiger partial charge in [0, 0.05) is 55.0 Å². The largest absolute Gasteiger partial charge is 0.385 e. The van der Waals surface area contributed by atoms with Crippen molar-refractivity contribution in [3.8, 4) is 0 Å². The van der Waals surface area contributed by atoms with Crippen molar-refractivity contribution in [2.75, 3.05) is 29.9 Å². The fourth-order valence-corrected chi connectivity index (χ4v) is 3.18. The molecule has 6 heteroatoms. The van der Waals surface area contributed by atoms with Crippen molar-refractivity contribution >= 4 is 17.1 Å². The van der Waals surface area contributed by atoms with Crippen LogP contribution in [-0.2, 0) is 0 Å². The van der Waals surface area contributed by atoms with Gasteiger partial charge in [-0.25, -0.2) is 0 Å². The Labute approximate surface area is 141 Å². The number of nitrogens with zero attached hydrogens (tertiary/aromatic N) is 3. The first-order valence-electron chi connectivity index (χ1n) is 8.27. The summed E-state index contributed by atoms with van der Waals surface area (Å²) in [6, 6.07) is 9.32. The molecule has 1 N–H and O–H groups in total. The van der Waals surface area contributed by atoms with E-state index in [1.54, 1.807) is 19.1 Å². The number of nitrogens with one attached hydrogen (secondary N) is 1. The number of benzene rings is 1. The lowest BCUT2D eigenvalue weighted by Gasteiger charge is -2.33. The maximum Gasteiger partial charge on any atom is 0.272 e. The molecule has 0 saturated carbocycles. The first-order valence-corrected chi connectivity index (χ1v) is 8.27. The molecule has 0 radical (unpaired) electrons. The molecule has 126 valence electrons. The van der Waals surface area contributed by atoms with Crippen LogP contribution in [0.15, 0.2) is 42.7 Å². The lowest BCUT2D eigenvalue weighted by atomic mass is 9.96. The molecular weight excluding hydrogens is 304 g/mol. The highest BCUT2D eigenvalue weighted by molar-refractivity contribution is 5.53. The standard InChI is InChI=1S/C18H22N4O2/c1-14-12-16(2-3-18(14)22(23)24)20-13-15-6-10-21(11-7-15)17-4-8-19-9-5-17/h2-5,8-9,12,15,20H,6-7,10-11,13H2,1H3. The minimum absolute atomic E-state index is 0.172. The fourth-order valence-electron chi connectivity index (χ4n) is 3.18. The smallest absolute Gasteiger partial charge is 0.272 e. The normalized spacial score (nSPS) is 15.3. The van der Waals surface area contributed by atoms with E-state index in [4.69, 9.17) is 0 Å². The van der Waals surface area contributed by atoms with Crippen LogP contribution in [-0.4, -0.2) is 29.5 Å². The highest BCUT2D eigenvalue weighted by Crippen LogP contribution is 2.25. The van der Waals surface area contributed by atoms with Gasteiger partial charge < -0.3 is 10.2 Å². The molecule has 0 atom stereocenters. The molecule has 6 nitrogen and oxygen atoms in total. The molecule has 2 heterocycles. The van der Waals surface area contributed by atoms with E-state index in [0.717, 1.165) is 38.2 Å². The SMILES string of the molecule is Cc1cc(NCC2CCN(c3ccncc3)CC2)ccc1[N+](=O)[O-]. The first-order chi connectivity index (χ1) is 11.6. The van der Waals surface area contributed by atoms with Crippen molar-refractivity contribution in [2.45, 2.75) is 19.8 Å². The zero-order valence-corrected chi connectivity index (χ0v) is 13.8. The third kappa shape index (κ3) is 3.82. The molecule has 1 aromatic carbocycles. The molecular formula is C18H22N4O2. The second kappa shape index (κ2) is 7.29. The van der Waals surface area contributed by atoms with Crippen LogP contribution in [0, 0.1) is 23.0 Å². The number of piperidine rings is 1. The van der Waals surface area contributed by atoms with Gasteiger partial charge in [-0.1, -0.05) is 0 Å². The zero-order chi connectivity index (χ0) is 16.9. The van der Waals surface area contributed by atoms with Crippen LogP contribution in [0.3, 0.4) is 0 Å². The predicted octanol–water partition coefficient (Wildman–Crippen LogP) is 3.63. The molecule has 1 saturated heterocycles. The van der Waals surface area contributed by atoms with E-state index in [9.17, 15) is 10.1 Å². The average molecular weight is 326 g/mol. The molecule has 0 unspecified atom stereocenters. The van der Waals surface area contributed by atoms with Crippen molar-refractivity contribution in [1.82, 2.24) is 4.98 Å². The van der Waals surface area contributed by atoms with Crippen molar-refractivity contribution in [1.29, 1.82) is 0 Å². The number of anilines is 2. The van der Waals surface area contributed by atoms with E-state index < -0.39 is 0 Å². The molecule has 1 aliphatic rings. The number of hydrogen-bond acceptors (Lipinski definition) is 5. The number of aryl methyl sites for hydroxylation is 1. The zero-order valence-electron chi connectivity index (χ0n) is 13.8. The minimum Gasteiger partial charge on any atom is -0.385 e. The maximum atomic E-state index is 10.9. The van der Waals surface area contributed by atoms with E-state index in [1.807, 2.05) is 18.5 Å². The summed E-state index contributed by atoms with van der Waals surface area (Å²) in [5.74, 6) is 0.624. The van der Waals surface area contributed by atoms with Crippen molar-refractivity contribution in [3.05, 3.63) is 58.4 Å². The molecule has 0 amide bonds. The van der Waals surface area contributed by atoms with Crippen molar-refractivity contribution < 1.29 is 4.92 Å². The highest BCUT2D eigenvalue weighted by Gasteiger charge is 2.19. The van der Waals surface area contributed by atoms with Gasteiger partial charge >= 0.3 is 0 Å². The fraction of sp³-hybridized carbons (Fsp3) is 0.389. The van der Waals surface area contributed by atoms with E-state index in [2.05, 4.69) is 27.3 Å². The van der Waals surface area contributed by atoms with Gasteiger partial charge in [-0.05, 0) is 49.9 Å². The van der Waals surface area contributed by atoms with E-state index >= 15 is 0 Å².